The fraction of sp³-hybridized carbons (Fsp3) is 0.800. The molecule has 0 saturated heterocycles. The molecule has 0 bridgehead atoms. The lowest BCUT2D eigenvalue weighted by molar-refractivity contribution is -0.137. The molecule has 5 nitrogen and oxygen atoms in total. The van der Waals surface area contributed by atoms with Crippen molar-refractivity contribution in [2.24, 2.45) is 5.92 Å². The van der Waals surface area contributed by atoms with Crippen LogP contribution in [0.2, 0.25) is 0 Å². The lowest BCUT2D eigenvalue weighted by Crippen LogP contribution is -2.29. The molecule has 0 aromatic heterocycles. The molecule has 0 fully saturated rings. The Kier molecular flexibility index (Phi) is 7.62. The second-order valence-corrected chi connectivity index (χ2v) is 3.61. The first-order valence-corrected chi connectivity index (χ1v) is 5.03. The van der Waals surface area contributed by atoms with Crippen LogP contribution in [0.15, 0.2) is 0 Å². The largest absolute Gasteiger partial charge is 0.481 e. The van der Waals surface area contributed by atoms with Gasteiger partial charge in [0.2, 0.25) is 5.91 Å². The van der Waals surface area contributed by atoms with Crippen molar-refractivity contribution in [3.05, 3.63) is 0 Å². The van der Waals surface area contributed by atoms with Crippen LogP contribution in [0.3, 0.4) is 0 Å². The molecule has 88 valence electrons. The SMILES string of the molecule is COCC(C)CNC(=O)CCCC(=O)O. The number of hydrogen-bond donors (Lipinski definition) is 2. The van der Waals surface area contributed by atoms with E-state index in [1.165, 1.54) is 0 Å². The summed E-state index contributed by atoms with van der Waals surface area (Å²) in [4.78, 5) is 21.4. The van der Waals surface area contributed by atoms with Gasteiger partial charge in [-0.3, -0.25) is 9.59 Å². The highest BCUT2D eigenvalue weighted by atomic mass is 16.5. The van der Waals surface area contributed by atoms with Crippen LogP contribution in [-0.2, 0) is 14.3 Å². The molecule has 1 atom stereocenters. The van der Waals surface area contributed by atoms with Crippen molar-refractivity contribution >= 4 is 11.9 Å². The smallest absolute Gasteiger partial charge is 0.303 e. The van der Waals surface area contributed by atoms with Crippen LogP contribution in [-0.4, -0.2) is 37.2 Å². The number of carboxylic acid groups (broad SMARTS) is 1. The third-order valence-electron chi connectivity index (χ3n) is 1.89. The van der Waals surface area contributed by atoms with Crippen LogP contribution >= 0.6 is 0 Å². The van der Waals surface area contributed by atoms with E-state index in [-0.39, 0.29) is 24.7 Å². The minimum atomic E-state index is -0.865. The minimum Gasteiger partial charge on any atom is -0.481 e. The number of carbonyl (C=O) groups is 2. The van der Waals surface area contributed by atoms with Crippen molar-refractivity contribution in [1.29, 1.82) is 0 Å². The monoisotopic (exact) mass is 217 g/mol. The summed E-state index contributed by atoms with van der Waals surface area (Å²) in [7, 11) is 1.62. The van der Waals surface area contributed by atoms with Gasteiger partial charge in [0.15, 0.2) is 0 Å². The van der Waals surface area contributed by atoms with E-state index in [9.17, 15) is 9.59 Å². The van der Waals surface area contributed by atoms with Crippen LogP contribution in [0.1, 0.15) is 26.2 Å². The van der Waals surface area contributed by atoms with Gasteiger partial charge in [0.25, 0.3) is 0 Å². The number of hydrogen-bond acceptors (Lipinski definition) is 3. The zero-order chi connectivity index (χ0) is 11.7. The van der Waals surface area contributed by atoms with Gasteiger partial charge in [0, 0.05) is 26.5 Å². The first-order chi connectivity index (χ1) is 7.06. The summed E-state index contributed by atoms with van der Waals surface area (Å²) in [6.07, 6.45) is 0.701. The maximum absolute atomic E-state index is 11.2. The third-order valence-corrected chi connectivity index (χ3v) is 1.89. The summed E-state index contributed by atoms with van der Waals surface area (Å²) in [5, 5.41) is 11.1. The number of carbonyl (C=O) groups excluding carboxylic acids is 1. The van der Waals surface area contributed by atoms with Crippen LogP contribution in [0.5, 0.6) is 0 Å². The van der Waals surface area contributed by atoms with Crippen LogP contribution in [0.25, 0.3) is 0 Å². The Bertz CT molecular complexity index is 206. The molecule has 0 aromatic rings. The summed E-state index contributed by atoms with van der Waals surface area (Å²) in [5.41, 5.74) is 0. The Balaban J connectivity index is 3.44. The van der Waals surface area contributed by atoms with Crippen molar-refractivity contribution in [2.75, 3.05) is 20.3 Å². The second-order valence-electron chi connectivity index (χ2n) is 3.61. The van der Waals surface area contributed by atoms with Gasteiger partial charge in [-0.05, 0) is 12.3 Å². The lowest BCUT2D eigenvalue weighted by atomic mass is 10.2. The van der Waals surface area contributed by atoms with Crippen LogP contribution in [0.4, 0.5) is 0 Å². The molecule has 0 aliphatic carbocycles. The van der Waals surface area contributed by atoms with Gasteiger partial charge in [0.05, 0.1) is 6.61 Å². The third kappa shape index (κ3) is 9.21. The van der Waals surface area contributed by atoms with E-state index in [2.05, 4.69) is 5.32 Å². The molecule has 0 heterocycles. The highest BCUT2D eigenvalue weighted by Gasteiger charge is 2.06. The summed E-state index contributed by atoms with van der Waals surface area (Å²) in [6.45, 7) is 3.15. The Morgan fingerprint density at radius 3 is 2.60 bits per heavy atom. The zero-order valence-electron chi connectivity index (χ0n) is 9.28. The normalized spacial score (nSPS) is 12.1. The predicted octanol–water partition coefficient (Wildman–Crippen LogP) is 0.640. The van der Waals surface area contributed by atoms with E-state index in [1.807, 2.05) is 6.92 Å². The number of nitrogens with one attached hydrogen (secondary N) is 1. The molecule has 0 rings (SSSR count). The molecule has 2 N–H and O–H groups in total. The average molecular weight is 217 g/mol. The number of amides is 1. The van der Waals surface area contributed by atoms with E-state index in [0.717, 1.165) is 0 Å². The van der Waals surface area contributed by atoms with E-state index in [0.29, 0.717) is 19.6 Å². The molecule has 5 heteroatoms. The molecule has 0 aliphatic rings. The Hall–Kier alpha value is -1.10. The number of methoxy groups -OCH3 is 1. The fourth-order valence-corrected chi connectivity index (χ4v) is 1.12. The molecule has 0 spiro atoms. The average Bonchev–Trinajstić information content (AvgIpc) is 2.14. The van der Waals surface area contributed by atoms with Gasteiger partial charge >= 0.3 is 5.97 Å². The van der Waals surface area contributed by atoms with Gasteiger partial charge in [0.1, 0.15) is 0 Å². The van der Waals surface area contributed by atoms with Crippen molar-refractivity contribution in [2.45, 2.75) is 26.2 Å². The summed E-state index contributed by atoms with van der Waals surface area (Å²) in [6, 6.07) is 0. The Labute approximate surface area is 89.8 Å². The highest BCUT2D eigenvalue weighted by molar-refractivity contribution is 5.76. The summed E-state index contributed by atoms with van der Waals surface area (Å²) in [5.74, 6) is -0.687. The van der Waals surface area contributed by atoms with Gasteiger partial charge in [-0.2, -0.15) is 0 Å². The molecule has 0 aliphatic heterocycles. The Morgan fingerprint density at radius 2 is 2.07 bits per heavy atom. The first kappa shape index (κ1) is 13.9. The standard InChI is InChI=1S/C10H19NO4/c1-8(7-15-2)6-11-9(12)4-3-5-10(13)14/h8H,3-7H2,1-2H3,(H,11,12)(H,13,14). The lowest BCUT2D eigenvalue weighted by Gasteiger charge is -2.11. The quantitative estimate of drug-likeness (QED) is 0.625. The molecule has 0 radical (unpaired) electrons. The van der Waals surface area contributed by atoms with Crippen LogP contribution < -0.4 is 5.32 Å². The van der Waals surface area contributed by atoms with Gasteiger partial charge in [-0.25, -0.2) is 0 Å². The van der Waals surface area contributed by atoms with Crippen molar-refractivity contribution in [3.8, 4) is 0 Å². The maximum atomic E-state index is 11.2. The van der Waals surface area contributed by atoms with E-state index in [4.69, 9.17) is 9.84 Å². The molecule has 0 aromatic carbocycles. The van der Waals surface area contributed by atoms with Crippen molar-refractivity contribution in [1.82, 2.24) is 5.32 Å². The number of rotatable bonds is 8. The maximum Gasteiger partial charge on any atom is 0.303 e. The number of ether oxygens (including phenoxy) is 1. The second kappa shape index (κ2) is 8.23. The van der Waals surface area contributed by atoms with E-state index in [1.54, 1.807) is 7.11 Å². The van der Waals surface area contributed by atoms with E-state index >= 15 is 0 Å². The molecular formula is C10H19NO4. The molecule has 0 saturated carbocycles. The summed E-state index contributed by atoms with van der Waals surface area (Å²) >= 11 is 0. The molecule has 1 unspecified atom stereocenters. The zero-order valence-corrected chi connectivity index (χ0v) is 9.28. The Morgan fingerprint density at radius 1 is 1.40 bits per heavy atom. The van der Waals surface area contributed by atoms with Crippen LogP contribution in [0, 0.1) is 5.92 Å². The summed E-state index contributed by atoms with van der Waals surface area (Å²) < 4.78 is 4.92. The molecule has 15 heavy (non-hydrogen) atoms. The van der Waals surface area contributed by atoms with Gasteiger partial charge in [-0.1, -0.05) is 6.92 Å². The van der Waals surface area contributed by atoms with Gasteiger partial charge in [-0.15, -0.1) is 0 Å². The van der Waals surface area contributed by atoms with Crippen molar-refractivity contribution < 1.29 is 19.4 Å². The highest BCUT2D eigenvalue weighted by Crippen LogP contribution is 1.97. The molecule has 1 amide bonds. The molecular weight excluding hydrogens is 198 g/mol. The first-order valence-electron chi connectivity index (χ1n) is 5.03. The number of aliphatic carboxylic acids is 1. The fourth-order valence-electron chi connectivity index (χ4n) is 1.12. The topological polar surface area (TPSA) is 75.6 Å². The van der Waals surface area contributed by atoms with E-state index < -0.39 is 5.97 Å². The minimum absolute atomic E-state index is 0.0427. The number of carboxylic acids is 1. The van der Waals surface area contributed by atoms with Crippen molar-refractivity contribution in [3.63, 3.8) is 0 Å². The predicted molar refractivity (Wildman–Crippen MR) is 55.5 cm³/mol. The van der Waals surface area contributed by atoms with Gasteiger partial charge < -0.3 is 15.2 Å².